The zero-order valence-corrected chi connectivity index (χ0v) is 11.3. The first-order valence-corrected chi connectivity index (χ1v) is 5.69. The van der Waals surface area contributed by atoms with Crippen LogP contribution in [0, 0.1) is 5.41 Å². The minimum atomic E-state index is -0.851. The monoisotopic (exact) mass is 227 g/mol. The van der Waals surface area contributed by atoms with Crippen molar-refractivity contribution in [2.75, 3.05) is 6.54 Å². The van der Waals surface area contributed by atoms with Gasteiger partial charge in [-0.25, -0.2) is 4.79 Å². The molecule has 0 fully saturated rings. The van der Waals surface area contributed by atoms with Gasteiger partial charge in [0.1, 0.15) is 0 Å². The van der Waals surface area contributed by atoms with Gasteiger partial charge in [0.25, 0.3) is 0 Å². The lowest BCUT2D eigenvalue weighted by Gasteiger charge is -2.33. The molecule has 0 radical (unpaired) electrons. The quantitative estimate of drug-likeness (QED) is 0.710. The minimum Gasteiger partial charge on any atom is -0.478 e. The van der Waals surface area contributed by atoms with E-state index in [0.717, 1.165) is 6.42 Å². The predicted octanol–water partition coefficient (Wildman–Crippen LogP) is 2.82. The van der Waals surface area contributed by atoms with Gasteiger partial charge in [0.2, 0.25) is 0 Å². The molecular weight excluding hydrogens is 202 g/mol. The lowest BCUT2D eigenvalue weighted by Crippen LogP contribution is -2.42. The number of hydrogen-bond donors (Lipinski definition) is 2. The number of carboxylic acids is 1. The van der Waals surface area contributed by atoms with E-state index in [1.807, 2.05) is 0 Å². The van der Waals surface area contributed by atoms with Crippen molar-refractivity contribution in [3.63, 3.8) is 0 Å². The highest BCUT2D eigenvalue weighted by atomic mass is 16.4. The molecule has 0 heterocycles. The molecule has 0 aromatic rings. The van der Waals surface area contributed by atoms with E-state index >= 15 is 0 Å². The maximum absolute atomic E-state index is 10.6. The van der Waals surface area contributed by atoms with Crippen LogP contribution in [-0.4, -0.2) is 23.2 Å². The number of carboxylic acid groups (broad SMARTS) is 1. The molecule has 0 aliphatic rings. The second-order valence-corrected chi connectivity index (χ2v) is 6.19. The highest BCUT2D eigenvalue weighted by Gasteiger charge is 2.24. The van der Waals surface area contributed by atoms with Crippen molar-refractivity contribution in [1.29, 1.82) is 0 Å². The Kier molecular flexibility index (Phi) is 5.20. The largest absolute Gasteiger partial charge is 0.478 e. The molecule has 94 valence electrons. The summed E-state index contributed by atoms with van der Waals surface area (Å²) in [5.41, 5.74) is 0.675. The summed E-state index contributed by atoms with van der Waals surface area (Å²) in [5.74, 6) is -0.851. The average Bonchev–Trinajstić information content (AvgIpc) is 1.98. The molecule has 0 unspecified atom stereocenters. The highest BCUT2D eigenvalue weighted by molar-refractivity contribution is 5.85. The van der Waals surface area contributed by atoms with Crippen LogP contribution in [0.15, 0.2) is 11.6 Å². The molecule has 16 heavy (non-hydrogen) atoms. The first-order valence-electron chi connectivity index (χ1n) is 5.69. The van der Waals surface area contributed by atoms with E-state index in [0.29, 0.717) is 12.1 Å². The normalized spacial score (nSPS) is 14.0. The van der Waals surface area contributed by atoms with E-state index in [9.17, 15) is 4.79 Å². The molecule has 0 spiro atoms. The van der Waals surface area contributed by atoms with Gasteiger partial charge in [-0.15, -0.1) is 0 Å². The summed E-state index contributed by atoms with van der Waals surface area (Å²) >= 11 is 0. The molecule has 0 aliphatic carbocycles. The van der Waals surface area contributed by atoms with E-state index in [4.69, 9.17) is 5.11 Å². The van der Waals surface area contributed by atoms with Gasteiger partial charge in [-0.2, -0.15) is 0 Å². The van der Waals surface area contributed by atoms with Gasteiger partial charge >= 0.3 is 5.97 Å². The van der Waals surface area contributed by atoms with E-state index in [1.54, 1.807) is 13.0 Å². The number of carbonyl (C=O) groups is 1. The summed E-state index contributed by atoms with van der Waals surface area (Å²) in [5, 5.41) is 12.1. The van der Waals surface area contributed by atoms with Gasteiger partial charge < -0.3 is 10.4 Å². The molecule has 0 bridgehead atoms. The second-order valence-electron chi connectivity index (χ2n) is 6.19. The van der Waals surface area contributed by atoms with Gasteiger partial charge in [0.15, 0.2) is 0 Å². The molecule has 0 amide bonds. The van der Waals surface area contributed by atoms with E-state index < -0.39 is 5.97 Å². The van der Waals surface area contributed by atoms with Crippen LogP contribution < -0.4 is 5.32 Å². The fraction of sp³-hybridized carbons (Fsp3) is 0.769. The number of rotatable bonds is 5. The van der Waals surface area contributed by atoms with Crippen LogP contribution in [0.5, 0.6) is 0 Å². The third-order valence-corrected chi connectivity index (χ3v) is 2.30. The summed E-state index contributed by atoms with van der Waals surface area (Å²) in [7, 11) is 0. The number of nitrogens with one attached hydrogen (secondary N) is 1. The van der Waals surface area contributed by atoms with Crippen LogP contribution in [0.1, 0.15) is 48.0 Å². The van der Waals surface area contributed by atoms with Crippen molar-refractivity contribution in [2.24, 2.45) is 5.41 Å². The maximum Gasteiger partial charge on any atom is 0.330 e. The van der Waals surface area contributed by atoms with Crippen LogP contribution in [-0.2, 0) is 4.79 Å². The second kappa shape index (κ2) is 5.48. The predicted molar refractivity (Wildman–Crippen MR) is 67.5 cm³/mol. The molecule has 3 nitrogen and oxygen atoms in total. The third-order valence-electron chi connectivity index (χ3n) is 2.30. The molecule has 0 saturated carbocycles. The van der Waals surface area contributed by atoms with E-state index in [-0.39, 0.29) is 11.0 Å². The maximum atomic E-state index is 10.6. The summed E-state index contributed by atoms with van der Waals surface area (Å²) in [6, 6.07) is 0. The third kappa shape index (κ3) is 7.46. The Morgan fingerprint density at radius 3 is 2.12 bits per heavy atom. The SMILES string of the molecule is CC(=CCNC(C)(C)CC(C)(C)C)C(=O)O. The van der Waals surface area contributed by atoms with Crippen LogP contribution in [0.2, 0.25) is 0 Å². The lowest BCUT2D eigenvalue weighted by molar-refractivity contribution is -0.132. The Balaban J connectivity index is 4.20. The minimum absolute atomic E-state index is 0.0214. The zero-order valence-electron chi connectivity index (χ0n) is 11.3. The molecule has 0 aliphatic heterocycles. The van der Waals surface area contributed by atoms with Gasteiger partial charge in [-0.3, -0.25) is 0 Å². The van der Waals surface area contributed by atoms with Crippen molar-refractivity contribution in [3.05, 3.63) is 11.6 Å². The van der Waals surface area contributed by atoms with Crippen molar-refractivity contribution < 1.29 is 9.90 Å². The number of aliphatic carboxylic acids is 1. The van der Waals surface area contributed by atoms with Crippen molar-refractivity contribution >= 4 is 5.97 Å². The summed E-state index contributed by atoms with van der Waals surface area (Å²) in [4.78, 5) is 10.6. The molecule has 3 heteroatoms. The van der Waals surface area contributed by atoms with E-state index in [2.05, 4.69) is 39.9 Å². The van der Waals surface area contributed by atoms with Crippen molar-refractivity contribution in [1.82, 2.24) is 5.32 Å². The van der Waals surface area contributed by atoms with Gasteiger partial charge in [0, 0.05) is 17.7 Å². The van der Waals surface area contributed by atoms with Gasteiger partial charge in [-0.05, 0) is 32.6 Å². The van der Waals surface area contributed by atoms with Crippen molar-refractivity contribution in [2.45, 2.75) is 53.5 Å². The first-order chi connectivity index (χ1) is 7.03. The Hall–Kier alpha value is -0.830. The average molecular weight is 227 g/mol. The van der Waals surface area contributed by atoms with Crippen LogP contribution in [0.4, 0.5) is 0 Å². The summed E-state index contributed by atoms with van der Waals surface area (Å²) < 4.78 is 0. The lowest BCUT2D eigenvalue weighted by atomic mass is 9.82. The first kappa shape index (κ1) is 15.2. The van der Waals surface area contributed by atoms with Crippen LogP contribution >= 0.6 is 0 Å². The Bertz CT molecular complexity index is 272. The topological polar surface area (TPSA) is 49.3 Å². The van der Waals surface area contributed by atoms with Crippen LogP contribution in [0.3, 0.4) is 0 Å². The molecule has 0 atom stereocenters. The molecule has 2 N–H and O–H groups in total. The standard InChI is InChI=1S/C13H25NO2/c1-10(11(15)16)7-8-14-13(5,6)9-12(2,3)4/h7,14H,8-9H2,1-6H3,(H,15,16). The number of hydrogen-bond acceptors (Lipinski definition) is 2. The molecule has 0 rings (SSSR count). The fourth-order valence-corrected chi connectivity index (χ4v) is 1.96. The molecular formula is C13H25NO2. The van der Waals surface area contributed by atoms with E-state index in [1.165, 1.54) is 0 Å². The Morgan fingerprint density at radius 2 is 1.75 bits per heavy atom. The van der Waals surface area contributed by atoms with Gasteiger partial charge in [-0.1, -0.05) is 26.8 Å². The zero-order chi connectivity index (χ0) is 13.0. The Morgan fingerprint density at radius 1 is 1.25 bits per heavy atom. The smallest absolute Gasteiger partial charge is 0.330 e. The fourth-order valence-electron chi connectivity index (χ4n) is 1.96. The van der Waals surface area contributed by atoms with Crippen LogP contribution in [0.25, 0.3) is 0 Å². The van der Waals surface area contributed by atoms with Gasteiger partial charge in [0.05, 0.1) is 0 Å². The molecule has 0 saturated heterocycles. The Labute approximate surface area is 98.9 Å². The highest BCUT2D eigenvalue weighted by Crippen LogP contribution is 2.26. The van der Waals surface area contributed by atoms with Crippen molar-refractivity contribution in [3.8, 4) is 0 Å². The summed E-state index contributed by atoms with van der Waals surface area (Å²) in [6.45, 7) is 13.1. The molecule has 0 aromatic heterocycles. The summed E-state index contributed by atoms with van der Waals surface area (Å²) in [6.07, 6.45) is 2.76. The molecule has 0 aromatic carbocycles.